The molecule has 35 heavy (non-hydrogen) atoms. The van der Waals surface area contributed by atoms with Crippen molar-refractivity contribution in [3.63, 3.8) is 0 Å². The Morgan fingerprint density at radius 1 is 1.00 bits per heavy atom. The van der Waals surface area contributed by atoms with Gasteiger partial charge in [-0.2, -0.15) is 0 Å². The molecule has 0 radical (unpaired) electrons. The zero-order valence-corrected chi connectivity index (χ0v) is 20.4. The number of nitrogens with zero attached hydrogens (tertiary/aromatic N) is 1. The normalized spacial score (nSPS) is 15.4. The number of aliphatic carboxylic acids is 2. The van der Waals surface area contributed by atoms with Crippen molar-refractivity contribution in [2.75, 3.05) is 0 Å². The maximum absolute atomic E-state index is 12.9. The molecule has 1 aromatic heterocycles. The van der Waals surface area contributed by atoms with E-state index in [4.69, 9.17) is 5.73 Å². The van der Waals surface area contributed by atoms with E-state index in [2.05, 4.69) is 25.9 Å². The van der Waals surface area contributed by atoms with Gasteiger partial charge in [0.2, 0.25) is 17.7 Å². The molecule has 0 aliphatic rings. The van der Waals surface area contributed by atoms with Crippen molar-refractivity contribution in [3.8, 4) is 0 Å². The molecule has 5 atom stereocenters. The van der Waals surface area contributed by atoms with E-state index in [0.29, 0.717) is 12.1 Å². The molecule has 1 aromatic rings. The molecule has 5 unspecified atom stereocenters. The highest BCUT2D eigenvalue weighted by atomic mass is 16.4. The number of hydrogen-bond donors (Lipinski definition) is 7. The van der Waals surface area contributed by atoms with Gasteiger partial charge in [0.05, 0.1) is 18.8 Å². The minimum Gasteiger partial charge on any atom is -0.481 e. The zero-order valence-electron chi connectivity index (χ0n) is 20.4. The number of hydrogen-bond acceptors (Lipinski definition) is 7. The molecule has 8 N–H and O–H groups in total. The summed E-state index contributed by atoms with van der Waals surface area (Å²) in [4.78, 5) is 67.8. The Kier molecular flexibility index (Phi) is 11.9. The Morgan fingerprint density at radius 2 is 1.60 bits per heavy atom. The van der Waals surface area contributed by atoms with Gasteiger partial charge >= 0.3 is 11.9 Å². The number of imidazole rings is 1. The molecule has 3 amide bonds. The van der Waals surface area contributed by atoms with Gasteiger partial charge in [-0.05, 0) is 18.3 Å². The highest BCUT2D eigenvalue weighted by Crippen LogP contribution is 2.11. The van der Waals surface area contributed by atoms with E-state index >= 15 is 0 Å². The van der Waals surface area contributed by atoms with E-state index in [1.165, 1.54) is 12.5 Å². The second-order valence-corrected chi connectivity index (χ2v) is 8.95. The van der Waals surface area contributed by atoms with Gasteiger partial charge in [0, 0.05) is 18.3 Å². The molecule has 0 aromatic carbocycles. The van der Waals surface area contributed by atoms with Gasteiger partial charge < -0.3 is 36.9 Å². The first-order valence-electron chi connectivity index (χ1n) is 11.4. The topological polar surface area (TPSA) is 217 Å². The molecule has 13 heteroatoms. The highest BCUT2D eigenvalue weighted by Gasteiger charge is 2.33. The molecule has 1 heterocycles. The first-order chi connectivity index (χ1) is 16.3. The number of rotatable bonds is 15. The average molecular weight is 497 g/mol. The Morgan fingerprint density at radius 3 is 2.09 bits per heavy atom. The fourth-order valence-electron chi connectivity index (χ4n) is 3.30. The quantitative estimate of drug-likeness (QED) is 0.164. The van der Waals surface area contributed by atoms with Crippen LogP contribution in [0.15, 0.2) is 12.5 Å². The number of amides is 3. The van der Waals surface area contributed by atoms with Gasteiger partial charge in [0.1, 0.15) is 18.1 Å². The highest BCUT2D eigenvalue weighted by molar-refractivity contribution is 5.95. The molecule has 0 saturated heterocycles. The fraction of sp³-hybridized carbons (Fsp3) is 0.636. The standard InChI is InChI=1S/C22H36N6O7/c1-5-12(4)18(22(34)35)28-21(33)15(6-11(2)3)27-20(32)16(8-17(29)30)26-19(31)14(23)7-13-9-24-10-25-13/h9-12,14-16,18H,5-8,23H2,1-4H3,(H,24,25)(H,26,31)(H,27,32)(H,28,33)(H,29,30)(H,34,35). The maximum Gasteiger partial charge on any atom is 0.326 e. The molecule has 1 rings (SSSR count). The van der Waals surface area contributed by atoms with Gasteiger partial charge in [-0.25, -0.2) is 9.78 Å². The van der Waals surface area contributed by atoms with Gasteiger partial charge in [-0.3, -0.25) is 19.2 Å². The number of carbonyl (C=O) groups excluding carboxylic acids is 3. The van der Waals surface area contributed by atoms with E-state index in [0.717, 1.165) is 0 Å². The molecular weight excluding hydrogens is 460 g/mol. The Hall–Kier alpha value is -3.48. The third-order valence-corrected chi connectivity index (χ3v) is 5.46. The first kappa shape index (κ1) is 29.6. The van der Waals surface area contributed by atoms with Crippen molar-refractivity contribution in [1.82, 2.24) is 25.9 Å². The van der Waals surface area contributed by atoms with Gasteiger partial charge in [-0.1, -0.05) is 34.1 Å². The number of nitrogens with two attached hydrogens (primary N) is 1. The van der Waals surface area contributed by atoms with Gasteiger partial charge in [0.25, 0.3) is 0 Å². The van der Waals surface area contributed by atoms with Gasteiger partial charge in [-0.15, -0.1) is 0 Å². The summed E-state index contributed by atoms with van der Waals surface area (Å²) in [6.45, 7) is 7.08. The van der Waals surface area contributed by atoms with Crippen molar-refractivity contribution >= 4 is 29.7 Å². The van der Waals surface area contributed by atoms with Crippen LogP contribution in [0.3, 0.4) is 0 Å². The van der Waals surface area contributed by atoms with Crippen LogP contribution in [0.1, 0.15) is 52.7 Å². The van der Waals surface area contributed by atoms with E-state index < -0.39 is 60.2 Å². The molecule has 0 aliphatic heterocycles. The van der Waals surface area contributed by atoms with Crippen molar-refractivity contribution in [2.45, 2.75) is 77.5 Å². The van der Waals surface area contributed by atoms with Crippen LogP contribution in [0, 0.1) is 11.8 Å². The largest absolute Gasteiger partial charge is 0.481 e. The van der Waals surface area contributed by atoms with Crippen LogP contribution >= 0.6 is 0 Å². The lowest BCUT2D eigenvalue weighted by Crippen LogP contribution is -2.58. The van der Waals surface area contributed by atoms with Crippen LogP contribution in [0.5, 0.6) is 0 Å². The second-order valence-electron chi connectivity index (χ2n) is 8.95. The lowest BCUT2D eigenvalue weighted by atomic mass is 9.97. The van der Waals surface area contributed by atoms with Crippen LogP contribution in [-0.2, 0) is 30.4 Å². The average Bonchev–Trinajstić information content (AvgIpc) is 3.27. The van der Waals surface area contributed by atoms with Crippen LogP contribution < -0.4 is 21.7 Å². The molecule has 0 saturated carbocycles. The summed E-state index contributed by atoms with van der Waals surface area (Å²) < 4.78 is 0. The number of carboxylic acids is 2. The lowest BCUT2D eigenvalue weighted by molar-refractivity contribution is -0.144. The Balaban J connectivity index is 2.97. The van der Waals surface area contributed by atoms with Crippen molar-refractivity contribution in [3.05, 3.63) is 18.2 Å². The first-order valence-corrected chi connectivity index (χ1v) is 11.4. The summed E-state index contributed by atoms with van der Waals surface area (Å²) in [6, 6.07) is -4.88. The molecule has 13 nitrogen and oxygen atoms in total. The summed E-state index contributed by atoms with van der Waals surface area (Å²) in [5, 5.41) is 25.9. The number of carboxylic acid groups (broad SMARTS) is 2. The number of H-pyrrole nitrogens is 1. The van der Waals surface area contributed by atoms with E-state index in [-0.39, 0.29) is 24.7 Å². The Labute approximate surface area is 203 Å². The van der Waals surface area contributed by atoms with Crippen molar-refractivity contribution in [1.29, 1.82) is 0 Å². The molecular formula is C22H36N6O7. The molecule has 196 valence electrons. The van der Waals surface area contributed by atoms with Crippen molar-refractivity contribution < 1.29 is 34.2 Å². The summed E-state index contributed by atoms with van der Waals surface area (Å²) in [7, 11) is 0. The number of aromatic amines is 1. The van der Waals surface area contributed by atoms with Crippen LogP contribution in [0.2, 0.25) is 0 Å². The molecule has 0 fully saturated rings. The minimum absolute atomic E-state index is 0.0618. The fourth-order valence-corrected chi connectivity index (χ4v) is 3.30. The van der Waals surface area contributed by atoms with E-state index in [9.17, 15) is 34.2 Å². The smallest absolute Gasteiger partial charge is 0.326 e. The zero-order chi connectivity index (χ0) is 26.7. The predicted octanol–water partition coefficient (Wildman–Crippen LogP) is -0.615. The summed E-state index contributed by atoms with van der Waals surface area (Å²) >= 11 is 0. The monoisotopic (exact) mass is 496 g/mol. The SMILES string of the molecule is CCC(C)C(NC(=O)C(CC(C)C)NC(=O)C(CC(=O)O)NC(=O)C(N)Cc1cnc[nH]1)C(=O)O. The van der Waals surface area contributed by atoms with E-state index in [1.54, 1.807) is 27.7 Å². The third kappa shape index (κ3) is 10.1. The van der Waals surface area contributed by atoms with E-state index in [1.807, 2.05) is 0 Å². The number of nitrogens with one attached hydrogen (secondary N) is 4. The second kappa shape index (κ2) is 14.0. The van der Waals surface area contributed by atoms with Crippen LogP contribution in [-0.4, -0.2) is 74.0 Å². The maximum atomic E-state index is 12.9. The summed E-state index contributed by atoms with van der Waals surface area (Å²) in [5.41, 5.74) is 6.45. The summed E-state index contributed by atoms with van der Waals surface area (Å²) in [6.07, 6.45) is 2.90. The minimum atomic E-state index is -1.50. The summed E-state index contributed by atoms with van der Waals surface area (Å²) in [5.74, 6) is -5.34. The van der Waals surface area contributed by atoms with Gasteiger partial charge in [0.15, 0.2) is 0 Å². The third-order valence-electron chi connectivity index (χ3n) is 5.46. The van der Waals surface area contributed by atoms with Crippen LogP contribution in [0.25, 0.3) is 0 Å². The molecule has 0 spiro atoms. The number of carbonyl (C=O) groups is 5. The van der Waals surface area contributed by atoms with Crippen LogP contribution in [0.4, 0.5) is 0 Å². The molecule has 0 aliphatic carbocycles. The predicted molar refractivity (Wildman–Crippen MR) is 125 cm³/mol. The lowest BCUT2D eigenvalue weighted by Gasteiger charge is -2.27. The number of aromatic nitrogens is 2. The molecule has 0 bridgehead atoms. The Bertz CT molecular complexity index is 874. The van der Waals surface area contributed by atoms with Crippen molar-refractivity contribution in [2.24, 2.45) is 17.6 Å².